The maximum absolute atomic E-state index is 12.2. The second-order valence-electron chi connectivity index (χ2n) is 6.48. The first kappa shape index (κ1) is 20.3. The van der Waals surface area contributed by atoms with Crippen LogP contribution in [0.15, 0.2) is 48.5 Å². The molecule has 2 amide bonds. The summed E-state index contributed by atoms with van der Waals surface area (Å²) in [4.78, 5) is 24.1. The Hall–Kier alpha value is -3.02. The van der Waals surface area contributed by atoms with Crippen LogP contribution in [0.25, 0.3) is 0 Å². The molecule has 2 rings (SSSR count). The van der Waals surface area contributed by atoms with Gasteiger partial charge < -0.3 is 9.47 Å². The third kappa shape index (κ3) is 6.66. The molecular formula is C21H26N2O4. The van der Waals surface area contributed by atoms with E-state index in [9.17, 15) is 9.59 Å². The minimum absolute atomic E-state index is 0.186. The van der Waals surface area contributed by atoms with Gasteiger partial charge in [0.1, 0.15) is 11.5 Å². The summed E-state index contributed by atoms with van der Waals surface area (Å²) < 4.78 is 11.1. The van der Waals surface area contributed by atoms with Crippen LogP contribution in [-0.2, 0) is 11.2 Å². The molecule has 144 valence electrons. The van der Waals surface area contributed by atoms with Crippen molar-refractivity contribution in [1.29, 1.82) is 0 Å². The van der Waals surface area contributed by atoms with E-state index in [-0.39, 0.29) is 6.61 Å². The van der Waals surface area contributed by atoms with Crippen molar-refractivity contribution in [1.82, 2.24) is 10.9 Å². The average Bonchev–Trinajstić information content (AvgIpc) is 2.69. The molecule has 6 nitrogen and oxygen atoms in total. The highest BCUT2D eigenvalue weighted by molar-refractivity contribution is 5.95. The number of nitrogens with one attached hydrogen (secondary N) is 2. The molecule has 0 aliphatic heterocycles. The van der Waals surface area contributed by atoms with Crippen LogP contribution in [-0.4, -0.2) is 25.0 Å². The summed E-state index contributed by atoms with van der Waals surface area (Å²) in [6, 6.07) is 14.3. The van der Waals surface area contributed by atoms with Crippen LogP contribution < -0.4 is 20.3 Å². The van der Waals surface area contributed by atoms with Crippen molar-refractivity contribution in [3.8, 4) is 11.5 Å². The van der Waals surface area contributed by atoms with Crippen LogP contribution in [0.4, 0.5) is 0 Å². The fourth-order valence-corrected chi connectivity index (χ4v) is 2.30. The number of amides is 2. The molecule has 0 atom stereocenters. The van der Waals surface area contributed by atoms with Gasteiger partial charge in [-0.25, -0.2) is 0 Å². The fourth-order valence-electron chi connectivity index (χ4n) is 2.30. The third-order valence-electron chi connectivity index (χ3n) is 3.71. The predicted molar refractivity (Wildman–Crippen MR) is 104 cm³/mol. The lowest BCUT2D eigenvalue weighted by molar-refractivity contribution is -0.123. The topological polar surface area (TPSA) is 76.7 Å². The molecule has 0 bridgehead atoms. The van der Waals surface area contributed by atoms with Gasteiger partial charge in [-0.15, -0.1) is 0 Å². The number of hydrogen-bond donors (Lipinski definition) is 2. The number of para-hydroxylation sites is 1. The second kappa shape index (κ2) is 10.2. The molecule has 0 unspecified atom stereocenters. The number of hydrogen-bond acceptors (Lipinski definition) is 4. The van der Waals surface area contributed by atoms with Gasteiger partial charge in [0.2, 0.25) is 0 Å². The standard InChI is InChI=1S/C21H26N2O4/c1-4-16-8-5-6-11-19(16)27-14-20(24)22-23-21(25)17-9-7-10-18(12-17)26-13-15(2)3/h5-12,15H,4,13-14H2,1-3H3,(H,22,24)(H,23,25). The SMILES string of the molecule is CCc1ccccc1OCC(=O)NNC(=O)c1cccc(OCC(C)C)c1. The highest BCUT2D eigenvalue weighted by Gasteiger charge is 2.10. The van der Waals surface area contributed by atoms with Crippen LogP contribution in [0.1, 0.15) is 36.7 Å². The van der Waals surface area contributed by atoms with Crippen molar-refractivity contribution in [2.75, 3.05) is 13.2 Å². The smallest absolute Gasteiger partial charge is 0.276 e. The predicted octanol–water partition coefficient (Wildman–Crippen LogP) is 3.12. The first-order valence-electron chi connectivity index (χ1n) is 9.02. The molecule has 0 saturated carbocycles. The molecule has 0 aliphatic rings. The van der Waals surface area contributed by atoms with Crippen molar-refractivity contribution in [2.45, 2.75) is 27.2 Å². The van der Waals surface area contributed by atoms with E-state index in [4.69, 9.17) is 9.47 Å². The Morgan fingerprint density at radius 3 is 2.52 bits per heavy atom. The van der Waals surface area contributed by atoms with Crippen LogP contribution >= 0.6 is 0 Å². The monoisotopic (exact) mass is 370 g/mol. The van der Waals surface area contributed by atoms with E-state index in [2.05, 4.69) is 10.9 Å². The lowest BCUT2D eigenvalue weighted by Gasteiger charge is -2.12. The van der Waals surface area contributed by atoms with Gasteiger partial charge in [-0.2, -0.15) is 0 Å². The second-order valence-corrected chi connectivity index (χ2v) is 6.48. The van der Waals surface area contributed by atoms with Crippen molar-refractivity contribution in [2.24, 2.45) is 5.92 Å². The maximum Gasteiger partial charge on any atom is 0.276 e. The summed E-state index contributed by atoms with van der Waals surface area (Å²) >= 11 is 0. The van der Waals surface area contributed by atoms with Crippen LogP contribution in [0.3, 0.4) is 0 Å². The Morgan fingerprint density at radius 1 is 1.00 bits per heavy atom. The number of carbonyl (C=O) groups excluding carboxylic acids is 2. The summed E-state index contributed by atoms with van der Waals surface area (Å²) in [5, 5.41) is 0. The number of rotatable bonds is 8. The molecule has 0 heterocycles. The highest BCUT2D eigenvalue weighted by atomic mass is 16.5. The minimum atomic E-state index is -0.443. The molecule has 27 heavy (non-hydrogen) atoms. The number of hydrazine groups is 1. The summed E-state index contributed by atoms with van der Waals surface area (Å²) in [6.45, 7) is 6.49. The fraction of sp³-hybridized carbons (Fsp3) is 0.333. The lowest BCUT2D eigenvalue weighted by atomic mass is 10.1. The summed E-state index contributed by atoms with van der Waals surface area (Å²) in [5.74, 6) is 0.798. The molecule has 6 heteroatoms. The first-order valence-corrected chi connectivity index (χ1v) is 9.02. The van der Waals surface area contributed by atoms with E-state index < -0.39 is 11.8 Å². The molecule has 0 fully saturated rings. The maximum atomic E-state index is 12.2. The molecular weight excluding hydrogens is 344 g/mol. The minimum Gasteiger partial charge on any atom is -0.493 e. The summed E-state index contributed by atoms with van der Waals surface area (Å²) in [6.07, 6.45) is 0.809. The van der Waals surface area contributed by atoms with Gasteiger partial charge in [0, 0.05) is 5.56 Å². The van der Waals surface area contributed by atoms with E-state index in [1.165, 1.54) is 0 Å². The van der Waals surface area contributed by atoms with Crippen molar-refractivity contribution >= 4 is 11.8 Å². The van der Waals surface area contributed by atoms with E-state index in [0.29, 0.717) is 29.6 Å². The molecule has 0 aromatic heterocycles. The largest absolute Gasteiger partial charge is 0.493 e. The van der Waals surface area contributed by atoms with Gasteiger partial charge in [0.05, 0.1) is 6.61 Å². The zero-order chi connectivity index (χ0) is 19.6. The Bertz CT molecular complexity index is 774. The Balaban J connectivity index is 1.82. The first-order chi connectivity index (χ1) is 13.0. The van der Waals surface area contributed by atoms with Crippen molar-refractivity contribution < 1.29 is 19.1 Å². The van der Waals surface area contributed by atoms with E-state index in [0.717, 1.165) is 12.0 Å². The van der Waals surface area contributed by atoms with Gasteiger partial charge in [-0.05, 0) is 42.2 Å². The van der Waals surface area contributed by atoms with Gasteiger partial charge >= 0.3 is 0 Å². The van der Waals surface area contributed by atoms with Crippen molar-refractivity contribution in [3.63, 3.8) is 0 Å². The molecule has 0 spiro atoms. The number of carbonyl (C=O) groups is 2. The van der Waals surface area contributed by atoms with Gasteiger partial charge in [0.25, 0.3) is 11.8 Å². The molecule has 0 aliphatic carbocycles. The van der Waals surface area contributed by atoms with E-state index in [1.54, 1.807) is 24.3 Å². The van der Waals surface area contributed by atoms with Gasteiger partial charge in [-0.3, -0.25) is 20.4 Å². The molecule has 2 aromatic rings. The molecule has 0 radical (unpaired) electrons. The Morgan fingerprint density at radius 2 is 1.78 bits per heavy atom. The van der Waals surface area contributed by atoms with E-state index >= 15 is 0 Å². The van der Waals surface area contributed by atoms with Crippen LogP contribution in [0.5, 0.6) is 11.5 Å². The van der Waals surface area contributed by atoms with Crippen LogP contribution in [0, 0.1) is 5.92 Å². The average molecular weight is 370 g/mol. The highest BCUT2D eigenvalue weighted by Crippen LogP contribution is 2.18. The Labute approximate surface area is 159 Å². The quantitative estimate of drug-likeness (QED) is 0.700. The molecule has 0 saturated heterocycles. The Kier molecular flexibility index (Phi) is 7.67. The van der Waals surface area contributed by atoms with Gasteiger partial charge in [0.15, 0.2) is 6.61 Å². The van der Waals surface area contributed by atoms with Crippen LogP contribution in [0.2, 0.25) is 0 Å². The lowest BCUT2D eigenvalue weighted by Crippen LogP contribution is -2.43. The molecule has 2 N–H and O–H groups in total. The summed E-state index contributed by atoms with van der Waals surface area (Å²) in [7, 11) is 0. The number of ether oxygens (including phenoxy) is 2. The van der Waals surface area contributed by atoms with Crippen molar-refractivity contribution in [3.05, 3.63) is 59.7 Å². The molecule has 2 aromatic carbocycles. The summed E-state index contributed by atoms with van der Waals surface area (Å²) in [5.41, 5.74) is 6.15. The number of aryl methyl sites for hydroxylation is 1. The normalized spacial score (nSPS) is 10.4. The zero-order valence-corrected chi connectivity index (χ0v) is 16.0. The third-order valence-corrected chi connectivity index (χ3v) is 3.71. The number of benzene rings is 2. The van der Waals surface area contributed by atoms with E-state index in [1.807, 2.05) is 45.0 Å². The van der Waals surface area contributed by atoms with Gasteiger partial charge in [-0.1, -0.05) is 45.0 Å². The zero-order valence-electron chi connectivity index (χ0n) is 16.0.